The van der Waals surface area contributed by atoms with E-state index in [0.29, 0.717) is 0 Å². The lowest BCUT2D eigenvalue weighted by molar-refractivity contribution is 0.122. The summed E-state index contributed by atoms with van der Waals surface area (Å²) >= 11 is 0. The molecule has 0 spiro atoms. The Labute approximate surface area is 102 Å². The molecule has 1 fully saturated rings. The van der Waals surface area contributed by atoms with Gasteiger partial charge >= 0.3 is 0 Å². The monoisotopic (exact) mass is 231 g/mol. The maximum Gasteiger partial charge on any atom is 0.140 e. The van der Waals surface area contributed by atoms with E-state index >= 15 is 0 Å². The second-order valence-corrected chi connectivity index (χ2v) is 3.80. The van der Waals surface area contributed by atoms with Crippen LogP contribution in [0.25, 0.3) is 12.2 Å². The molecule has 1 aromatic rings. The first-order chi connectivity index (χ1) is 8.36. The third kappa shape index (κ3) is 2.53. The number of allylic oxidation sites excluding steroid dienone is 1. The minimum absolute atomic E-state index is 0.750. The van der Waals surface area contributed by atoms with E-state index < -0.39 is 0 Å². The molecule has 1 aliphatic rings. The molecule has 0 aliphatic carbocycles. The Bertz CT molecular complexity index is 423. The van der Waals surface area contributed by atoms with Crippen molar-refractivity contribution in [1.29, 1.82) is 0 Å². The van der Waals surface area contributed by atoms with Crippen LogP contribution in [0.1, 0.15) is 18.2 Å². The highest BCUT2D eigenvalue weighted by molar-refractivity contribution is 5.71. The van der Waals surface area contributed by atoms with Crippen molar-refractivity contribution in [3.8, 4) is 0 Å². The van der Waals surface area contributed by atoms with Gasteiger partial charge in [0.1, 0.15) is 12.1 Å². The average molecular weight is 231 g/mol. The molecule has 1 saturated heterocycles. The zero-order valence-electron chi connectivity index (χ0n) is 10.1. The van der Waals surface area contributed by atoms with Gasteiger partial charge in [0.05, 0.1) is 18.9 Å². The summed E-state index contributed by atoms with van der Waals surface area (Å²) in [4.78, 5) is 10.9. The molecule has 0 N–H and O–H groups in total. The molecule has 0 amide bonds. The van der Waals surface area contributed by atoms with Gasteiger partial charge in [-0.2, -0.15) is 0 Å². The van der Waals surface area contributed by atoms with Crippen molar-refractivity contribution in [2.24, 2.45) is 0 Å². The fourth-order valence-corrected chi connectivity index (χ4v) is 1.91. The van der Waals surface area contributed by atoms with Crippen LogP contribution >= 0.6 is 0 Å². The molecule has 4 nitrogen and oxygen atoms in total. The summed E-state index contributed by atoms with van der Waals surface area (Å²) in [5.74, 6) is 0.950. The Morgan fingerprint density at radius 3 is 2.76 bits per heavy atom. The Morgan fingerprint density at radius 2 is 2.12 bits per heavy atom. The number of hydrogen-bond donors (Lipinski definition) is 0. The zero-order valence-corrected chi connectivity index (χ0v) is 10.1. The molecule has 1 aromatic heterocycles. The molecule has 2 heterocycles. The highest BCUT2D eigenvalue weighted by atomic mass is 16.5. The molecule has 1 aliphatic heterocycles. The highest BCUT2D eigenvalue weighted by Gasteiger charge is 2.16. The molecule has 0 bridgehead atoms. The molecule has 90 valence electrons. The van der Waals surface area contributed by atoms with Gasteiger partial charge < -0.3 is 9.64 Å². The first kappa shape index (κ1) is 11.8. The Kier molecular flexibility index (Phi) is 3.88. The fourth-order valence-electron chi connectivity index (χ4n) is 1.91. The van der Waals surface area contributed by atoms with Gasteiger partial charge in [0, 0.05) is 18.7 Å². The van der Waals surface area contributed by atoms with Crippen LogP contribution in [-0.4, -0.2) is 36.3 Å². The smallest absolute Gasteiger partial charge is 0.140 e. The number of nitrogens with zero attached hydrogens (tertiary/aromatic N) is 3. The fraction of sp³-hybridized carbons (Fsp3) is 0.385. The van der Waals surface area contributed by atoms with Gasteiger partial charge in [-0.25, -0.2) is 9.97 Å². The number of aromatic nitrogens is 2. The summed E-state index contributed by atoms with van der Waals surface area (Å²) in [5.41, 5.74) is 1.91. The second kappa shape index (κ2) is 5.59. The van der Waals surface area contributed by atoms with Crippen LogP contribution in [-0.2, 0) is 4.74 Å². The van der Waals surface area contributed by atoms with Gasteiger partial charge in [0.2, 0.25) is 0 Å². The minimum atomic E-state index is 0.750. The first-order valence-electron chi connectivity index (χ1n) is 5.79. The summed E-state index contributed by atoms with van der Waals surface area (Å²) in [6.45, 7) is 9.07. The maximum absolute atomic E-state index is 5.35. The van der Waals surface area contributed by atoms with E-state index in [1.165, 1.54) is 0 Å². The number of anilines is 1. The number of hydrogen-bond acceptors (Lipinski definition) is 4. The molecule has 0 unspecified atom stereocenters. The lowest BCUT2D eigenvalue weighted by atomic mass is 10.1. The van der Waals surface area contributed by atoms with Gasteiger partial charge in [0.25, 0.3) is 0 Å². The van der Waals surface area contributed by atoms with Crippen molar-refractivity contribution in [2.75, 3.05) is 31.2 Å². The van der Waals surface area contributed by atoms with Crippen LogP contribution in [0, 0.1) is 0 Å². The predicted octanol–water partition coefficient (Wildman–Crippen LogP) is 1.99. The summed E-state index contributed by atoms with van der Waals surface area (Å²) in [6, 6.07) is 0. The van der Waals surface area contributed by atoms with Crippen LogP contribution in [0.5, 0.6) is 0 Å². The van der Waals surface area contributed by atoms with E-state index in [-0.39, 0.29) is 0 Å². The quantitative estimate of drug-likeness (QED) is 0.797. The third-order valence-electron chi connectivity index (χ3n) is 2.73. The van der Waals surface area contributed by atoms with Crippen LogP contribution in [0.15, 0.2) is 19.0 Å². The lowest BCUT2D eigenvalue weighted by Crippen LogP contribution is -2.37. The van der Waals surface area contributed by atoms with Gasteiger partial charge in [-0.1, -0.05) is 18.7 Å². The summed E-state index contributed by atoms with van der Waals surface area (Å²) < 4.78 is 5.35. The molecular formula is C13H17N3O. The van der Waals surface area contributed by atoms with Crippen molar-refractivity contribution in [3.05, 3.63) is 30.2 Å². The zero-order chi connectivity index (χ0) is 12.1. The largest absolute Gasteiger partial charge is 0.378 e. The second-order valence-electron chi connectivity index (χ2n) is 3.80. The maximum atomic E-state index is 5.35. The van der Waals surface area contributed by atoms with Gasteiger partial charge in [-0.05, 0) is 13.0 Å². The van der Waals surface area contributed by atoms with E-state index in [1.54, 1.807) is 6.33 Å². The van der Waals surface area contributed by atoms with Crippen molar-refractivity contribution in [2.45, 2.75) is 6.92 Å². The Hall–Kier alpha value is -1.68. The van der Waals surface area contributed by atoms with Crippen molar-refractivity contribution < 1.29 is 4.74 Å². The Balaban J connectivity index is 2.38. The molecule has 0 aromatic carbocycles. The standard InChI is InChI=1S/C13H17N3O/c1-3-5-12-11(4-2)13(15-10-14-12)16-6-8-17-9-7-16/h3-5,10H,2,6-9H2,1H3/b5-3-. The molecular weight excluding hydrogens is 214 g/mol. The van der Waals surface area contributed by atoms with Gasteiger partial charge in [0.15, 0.2) is 0 Å². The molecule has 2 rings (SSSR count). The molecule has 17 heavy (non-hydrogen) atoms. The first-order valence-corrected chi connectivity index (χ1v) is 5.79. The summed E-state index contributed by atoms with van der Waals surface area (Å²) in [5, 5.41) is 0. The van der Waals surface area contributed by atoms with E-state index in [2.05, 4.69) is 21.4 Å². The third-order valence-corrected chi connectivity index (χ3v) is 2.73. The minimum Gasteiger partial charge on any atom is -0.378 e. The van der Waals surface area contributed by atoms with E-state index in [0.717, 1.165) is 43.4 Å². The average Bonchev–Trinajstić information content (AvgIpc) is 2.40. The number of rotatable bonds is 3. The van der Waals surface area contributed by atoms with E-state index in [9.17, 15) is 0 Å². The van der Waals surface area contributed by atoms with Crippen LogP contribution in [0.2, 0.25) is 0 Å². The number of morpholine rings is 1. The molecule has 0 saturated carbocycles. The summed E-state index contributed by atoms with van der Waals surface area (Å²) in [7, 11) is 0. The lowest BCUT2D eigenvalue weighted by Gasteiger charge is -2.29. The number of ether oxygens (including phenoxy) is 1. The molecule has 0 atom stereocenters. The van der Waals surface area contributed by atoms with Gasteiger partial charge in [-0.15, -0.1) is 0 Å². The molecule has 0 radical (unpaired) electrons. The topological polar surface area (TPSA) is 38.2 Å². The highest BCUT2D eigenvalue weighted by Crippen LogP contribution is 2.22. The normalized spacial score (nSPS) is 16.4. The van der Waals surface area contributed by atoms with Crippen molar-refractivity contribution in [3.63, 3.8) is 0 Å². The Morgan fingerprint density at radius 1 is 1.35 bits per heavy atom. The van der Waals surface area contributed by atoms with E-state index in [1.807, 2.05) is 25.2 Å². The van der Waals surface area contributed by atoms with Crippen molar-refractivity contribution in [1.82, 2.24) is 9.97 Å². The van der Waals surface area contributed by atoms with Crippen LogP contribution < -0.4 is 4.90 Å². The van der Waals surface area contributed by atoms with Crippen LogP contribution in [0.3, 0.4) is 0 Å². The van der Waals surface area contributed by atoms with Gasteiger partial charge in [-0.3, -0.25) is 0 Å². The van der Waals surface area contributed by atoms with E-state index in [4.69, 9.17) is 4.74 Å². The predicted molar refractivity (Wildman–Crippen MR) is 69.9 cm³/mol. The van der Waals surface area contributed by atoms with Crippen molar-refractivity contribution >= 4 is 18.0 Å². The molecule has 4 heteroatoms. The summed E-state index contributed by atoms with van der Waals surface area (Å²) in [6.07, 6.45) is 7.37. The van der Waals surface area contributed by atoms with Crippen LogP contribution in [0.4, 0.5) is 5.82 Å². The SMILES string of the molecule is C=Cc1c(/C=C\C)ncnc1N1CCOCC1.